The second kappa shape index (κ2) is 6.01. The van der Waals surface area contributed by atoms with Crippen molar-refractivity contribution >= 4 is 5.97 Å². The van der Waals surface area contributed by atoms with E-state index in [1.54, 1.807) is 6.07 Å². The third kappa shape index (κ3) is 4.49. The van der Waals surface area contributed by atoms with Crippen LogP contribution in [0.25, 0.3) is 0 Å². The largest absolute Gasteiger partial charge is 0.456 e. The van der Waals surface area contributed by atoms with Gasteiger partial charge in [0.25, 0.3) is 0 Å². The number of benzene rings is 1. The van der Waals surface area contributed by atoms with Crippen LogP contribution in [0.3, 0.4) is 0 Å². The minimum absolute atomic E-state index is 0.0163. The van der Waals surface area contributed by atoms with Gasteiger partial charge in [-0.2, -0.15) is 0 Å². The van der Waals surface area contributed by atoms with Crippen LogP contribution in [0.2, 0.25) is 0 Å². The van der Waals surface area contributed by atoms with Crippen LogP contribution in [0.1, 0.15) is 62.5 Å². The number of carbonyl (C=O) groups is 1. The Balaban J connectivity index is 2.85. The van der Waals surface area contributed by atoms with E-state index in [2.05, 4.69) is 6.92 Å². The summed E-state index contributed by atoms with van der Waals surface area (Å²) in [6, 6.07) is 7.38. The molecule has 0 bridgehead atoms. The van der Waals surface area contributed by atoms with Crippen LogP contribution < -0.4 is 5.73 Å². The van der Waals surface area contributed by atoms with Crippen molar-refractivity contribution in [2.45, 2.75) is 52.2 Å². The second-order valence-corrected chi connectivity index (χ2v) is 5.52. The predicted octanol–water partition coefficient (Wildman–Crippen LogP) is 3.44. The van der Waals surface area contributed by atoms with Gasteiger partial charge in [0.1, 0.15) is 5.60 Å². The minimum Gasteiger partial charge on any atom is -0.456 e. The van der Waals surface area contributed by atoms with Gasteiger partial charge >= 0.3 is 5.97 Å². The Morgan fingerprint density at radius 1 is 1.39 bits per heavy atom. The van der Waals surface area contributed by atoms with Crippen LogP contribution >= 0.6 is 0 Å². The molecule has 0 saturated heterocycles. The molecule has 3 nitrogen and oxygen atoms in total. The first-order valence-corrected chi connectivity index (χ1v) is 6.42. The maximum Gasteiger partial charge on any atom is 0.338 e. The standard InChI is InChI=1S/C15H23NO2/c1-5-7-13(16)11-8-6-9-12(10-11)14(17)18-15(2,3)4/h6,8-10,13H,5,7,16H2,1-4H3/t13-/m0/s1. The zero-order valence-corrected chi connectivity index (χ0v) is 11.7. The average Bonchev–Trinajstić information content (AvgIpc) is 2.27. The molecule has 1 atom stereocenters. The lowest BCUT2D eigenvalue weighted by atomic mass is 10.0. The molecule has 0 amide bonds. The Morgan fingerprint density at radius 3 is 2.61 bits per heavy atom. The molecule has 0 spiro atoms. The number of rotatable bonds is 4. The van der Waals surface area contributed by atoms with E-state index in [1.807, 2.05) is 39.0 Å². The van der Waals surface area contributed by atoms with Gasteiger partial charge in [-0.1, -0.05) is 25.5 Å². The van der Waals surface area contributed by atoms with Crippen LogP contribution in [-0.4, -0.2) is 11.6 Å². The highest BCUT2D eigenvalue weighted by Gasteiger charge is 2.18. The van der Waals surface area contributed by atoms with Crippen LogP contribution in [0.4, 0.5) is 0 Å². The van der Waals surface area contributed by atoms with Gasteiger partial charge in [-0.3, -0.25) is 0 Å². The van der Waals surface area contributed by atoms with Gasteiger partial charge in [0.2, 0.25) is 0 Å². The van der Waals surface area contributed by atoms with Crippen LogP contribution in [0, 0.1) is 0 Å². The van der Waals surface area contributed by atoms with E-state index in [0.717, 1.165) is 18.4 Å². The van der Waals surface area contributed by atoms with Crippen molar-refractivity contribution in [3.63, 3.8) is 0 Å². The lowest BCUT2D eigenvalue weighted by molar-refractivity contribution is 0.00694. The zero-order valence-electron chi connectivity index (χ0n) is 11.7. The van der Waals surface area contributed by atoms with Crippen molar-refractivity contribution in [2.75, 3.05) is 0 Å². The summed E-state index contributed by atoms with van der Waals surface area (Å²) >= 11 is 0. The monoisotopic (exact) mass is 249 g/mol. The van der Waals surface area contributed by atoms with E-state index in [-0.39, 0.29) is 12.0 Å². The Bertz CT molecular complexity index is 407. The van der Waals surface area contributed by atoms with E-state index in [9.17, 15) is 4.79 Å². The molecule has 0 aliphatic rings. The molecule has 1 aromatic carbocycles. The highest BCUT2D eigenvalue weighted by atomic mass is 16.6. The Morgan fingerprint density at radius 2 is 2.06 bits per heavy atom. The molecule has 0 fully saturated rings. The minimum atomic E-state index is -0.474. The van der Waals surface area contributed by atoms with E-state index < -0.39 is 5.60 Å². The van der Waals surface area contributed by atoms with Crippen LogP contribution in [0.15, 0.2) is 24.3 Å². The van der Waals surface area contributed by atoms with E-state index >= 15 is 0 Å². The molecule has 0 aliphatic carbocycles. The lowest BCUT2D eigenvalue weighted by Gasteiger charge is -2.20. The molecule has 3 heteroatoms. The highest BCUT2D eigenvalue weighted by molar-refractivity contribution is 5.89. The van der Waals surface area contributed by atoms with Crippen LogP contribution in [0.5, 0.6) is 0 Å². The van der Waals surface area contributed by atoms with Crippen molar-refractivity contribution in [1.29, 1.82) is 0 Å². The number of nitrogens with two attached hydrogens (primary N) is 1. The third-order valence-corrected chi connectivity index (χ3v) is 2.55. The van der Waals surface area contributed by atoms with Crippen LogP contribution in [-0.2, 0) is 4.74 Å². The SMILES string of the molecule is CCC[C@H](N)c1cccc(C(=O)OC(C)(C)C)c1. The molecule has 1 aromatic rings. The molecule has 0 aromatic heterocycles. The maximum absolute atomic E-state index is 11.9. The molecular weight excluding hydrogens is 226 g/mol. The Hall–Kier alpha value is -1.35. The first-order valence-electron chi connectivity index (χ1n) is 6.42. The maximum atomic E-state index is 11.9. The normalized spacial score (nSPS) is 13.2. The summed E-state index contributed by atoms with van der Waals surface area (Å²) in [5, 5.41) is 0. The molecule has 0 aliphatic heterocycles. The third-order valence-electron chi connectivity index (χ3n) is 2.55. The summed E-state index contributed by atoms with van der Waals surface area (Å²) in [6.45, 7) is 7.67. The average molecular weight is 249 g/mol. The molecule has 0 heterocycles. The van der Waals surface area contributed by atoms with Gasteiger partial charge in [0, 0.05) is 6.04 Å². The zero-order chi connectivity index (χ0) is 13.8. The van der Waals surface area contributed by atoms with Crippen molar-refractivity contribution in [2.24, 2.45) is 5.73 Å². The molecule has 0 unspecified atom stereocenters. The summed E-state index contributed by atoms with van der Waals surface area (Å²) < 4.78 is 5.34. The first kappa shape index (κ1) is 14.7. The topological polar surface area (TPSA) is 52.3 Å². The number of hydrogen-bond acceptors (Lipinski definition) is 3. The van der Waals surface area contributed by atoms with Crippen molar-refractivity contribution < 1.29 is 9.53 Å². The molecule has 18 heavy (non-hydrogen) atoms. The smallest absolute Gasteiger partial charge is 0.338 e. The summed E-state index contributed by atoms with van der Waals surface area (Å²) in [5.74, 6) is -0.298. The number of ether oxygens (including phenoxy) is 1. The van der Waals surface area contributed by atoms with E-state index in [0.29, 0.717) is 5.56 Å². The fraction of sp³-hybridized carbons (Fsp3) is 0.533. The molecule has 0 saturated carbocycles. The fourth-order valence-electron chi connectivity index (χ4n) is 1.71. The number of carbonyl (C=O) groups excluding carboxylic acids is 1. The summed E-state index contributed by atoms with van der Waals surface area (Å²) in [5.41, 5.74) is 7.13. The van der Waals surface area contributed by atoms with Gasteiger partial charge in [0.05, 0.1) is 5.56 Å². The van der Waals surface area contributed by atoms with Gasteiger partial charge < -0.3 is 10.5 Å². The van der Waals surface area contributed by atoms with Gasteiger partial charge in [-0.15, -0.1) is 0 Å². The van der Waals surface area contributed by atoms with E-state index in [1.165, 1.54) is 0 Å². The molecular formula is C15H23NO2. The molecule has 100 valence electrons. The van der Waals surface area contributed by atoms with Crippen molar-refractivity contribution in [1.82, 2.24) is 0 Å². The quantitative estimate of drug-likeness (QED) is 0.832. The van der Waals surface area contributed by atoms with E-state index in [4.69, 9.17) is 10.5 Å². The highest BCUT2D eigenvalue weighted by Crippen LogP contribution is 2.19. The lowest BCUT2D eigenvalue weighted by Crippen LogP contribution is -2.24. The van der Waals surface area contributed by atoms with Crippen molar-refractivity contribution in [3.05, 3.63) is 35.4 Å². The first-order chi connectivity index (χ1) is 8.33. The van der Waals surface area contributed by atoms with Gasteiger partial charge in [0.15, 0.2) is 0 Å². The van der Waals surface area contributed by atoms with Gasteiger partial charge in [-0.05, 0) is 44.9 Å². The summed E-state index contributed by atoms with van der Waals surface area (Å²) in [6.07, 6.45) is 1.94. The molecule has 1 rings (SSSR count). The second-order valence-electron chi connectivity index (χ2n) is 5.52. The fourth-order valence-corrected chi connectivity index (χ4v) is 1.71. The Kier molecular flexibility index (Phi) is 4.91. The molecule has 0 radical (unpaired) electrons. The van der Waals surface area contributed by atoms with Gasteiger partial charge in [-0.25, -0.2) is 4.79 Å². The summed E-state index contributed by atoms with van der Waals surface area (Å²) in [4.78, 5) is 11.9. The number of esters is 1. The predicted molar refractivity (Wildman–Crippen MR) is 73.4 cm³/mol. The Labute approximate surface area is 109 Å². The van der Waals surface area contributed by atoms with Crippen molar-refractivity contribution in [3.8, 4) is 0 Å². The number of hydrogen-bond donors (Lipinski definition) is 1. The molecule has 2 N–H and O–H groups in total. The summed E-state index contributed by atoms with van der Waals surface area (Å²) in [7, 11) is 0.